The van der Waals surface area contributed by atoms with Crippen molar-refractivity contribution >= 4 is 11.8 Å². The fourth-order valence-corrected chi connectivity index (χ4v) is 3.06. The maximum atomic E-state index is 13.2. The van der Waals surface area contributed by atoms with Crippen LogP contribution >= 0.6 is 0 Å². The van der Waals surface area contributed by atoms with Gasteiger partial charge in [0.2, 0.25) is 5.91 Å². The fourth-order valence-electron chi connectivity index (χ4n) is 3.06. The van der Waals surface area contributed by atoms with Gasteiger partial charge in [0, 0.05) is 24.7 Å². The highest BCUT2D eigenvalue weighted by atomic mass is 19.1. The van der Waals surface area contributed by atoms with Gasteiger partial charge in [-0.3, -0.25) is 9.59 Å². The number of hydrogen-bond donors (Lipinski definition) is 1. The van der Waals surface area contributed by atoms with E-state index in [2.05, 4.69) is 5.32 Å². The lowest BCUT2D eigenvalue weighted by molar-refractivity contribution is -0.131. The Morgan fingerprint density at radius 1 is 1.00 bits per heavy atom. The molecule has 2 aromatic carbocycles. The second kappa shape index (κ2) is 8.08. The summed E-state index contributed by atoms with van der Waals surface area (Å²) in [6.45, 7) is 1.10. The smallest absolute Gasteiger partial charge is 0.251 e. The van der Waals surface area contributed by atoms with E-state index in [1.165, 1.54) is 30.3 Å². The molecule has 1 heterocycles. The predicted octanol–water partition coefficient (Wildman–Crippen LogP) is 2.93. The zero-order chi connectivity index (χ0) is 18.5. The number of piperidine rings is 1. The summed E-state index contributed by atoms with van der Waals surface area (Å²) in [5.74, 6) is -1.08. The zero-order valence-electron chi connectivity index (χ0n) is 14.3. The first-order valence-corrected chi connectivity index (χ1v) is 8.60. The van der Waals surface area contributed by atoms with Gasteiger partial charge in [-0.15, -0.1) is 0 Å². The maximum Gasteiger partial charge on any atom is 0.251 e. The summed E-state index contributed by atoms with van der Waals surface area (Å²) in [4.78, 5) is 26.3. The van der Waals surface area contributed by atoms with Crippen molar-refractivity contribution in [3.05, 3.63) is 71.3 Å². The van der Waals surface area contributed by atoms with Crippen LogP contribution < -0.4 is 5.32 Å². The topological polar surface area (TPSA) is 49.4 Å². The van der Waals surface area contributed by atoms with Crippen molar-refractivity contribution in [2.75, 3.05) is 13.1 Å². The van der Waals surface area contributed by atoms with E-state index in [9.17, 15) is 18.4 Å². The Bertz CT molecular complexity index is 785. The summed E-state index contributed by atoms with van der Waals surface area (Å²) in [6, 6.07) is 11.4. The summed E-state index contributed by atoms with van der Waals surface area (Å²) in [5.41, 5.74) is 1.07. The number of likely N-dealkylation sites (tertiary alicyclic amines) is 1. The van der Waals surface area contributed by atoms with Crippen LogP contribution in [0.25, 0.3) is 0 Å². The number of hydrogen-bond acceptors (Lipinski definition) is 2. The highest BCUT2D eigenvalue weighted by Gasteiger charge is 2.24. The van der Waals surface area contributed by atoms with Crippen molar-refractivity contribution in [3.63, 3.8) is 0 Å². The molecule has 0 aromatic heterocycles. The Morgan fingerprint density at radius 2 is 1.69 bits per heavy atom. The summed E-state index contributed by atoms with van der Waals surface area (Å²) in [7, 11) is 0. The fraction of sp³-hybridized carbons (Fsp3) is 0.300. The Balaban J connectivity index is 1.48. The monoisotopic (exact) mass is 358 g/mol. The van der Waals surface area contributed by atoms with Crippen molar-refractivity contribution in [1.82, 2.24) is 10.2 Å². The van der Waals surface area contributed by atoms with Crippen LogP contribution in [0, 0.1) is 11.6 Å². The molecule has 26 heavy (non-hydrogen) atoms. The molecule has 0 radical (unpaired) electrons. The molecule has 0 unspecified atom stereocenters. The van der Waals surface area contributed by atoms with Crippen LogP contribution in [0.15, 0.2) is 48.5 Å². The number of halogens is 2. The molecule has 2 amide bonds. The van der Waals surface area contributed by atoms with Crippen molar-refractivity contribution < 1.29 is 18.4 Å². The van der Waals surface area contributed by atoms with Gasteiger partial charge in [-0.2, -0.15) is 0 Å². The van der Waals surface area contributed by atoms with Gasteiger partial charge < -0.3 is 10.2 Å². The van der Waals surface area contributed by atoms with Gasteiger partial charge in [0.1, 0.15) is 11.6 Å². The highest BCUT2D eigenvalue weighted by Crippen LogP contribution is 2.14. The Hall–Kier alpha value is -2.76. The van der Waals surface area contributed by atoms with E-state index in [4.69, 9.17) is 0 Å². The van der Waals surface area contributed by atoms with Crippen LogP contribution in [0.1, 0.15) is 28.8 Å². The van der Waals surface area contributed by atoms with Gasteiger partial charge in [-0.1, -0.05) is 18.2 Å². The summed E-state index contributed by atoms with van der Waals surface area (Å²) < 4.78 is 26.1. The number of rotatable bonds is 4. The first kappa shape index (κ1) is 18.0. The van der Waals surface area contributed by atoms with Gasteiger partial charge in [0.05, 0.1) is 6.42 Å². The third-order valence-corrected chi connectivity index (χ3v) is 4.54. The van der Waals surface area contributed by atoms with E-state index in [1.807, 2.05) is 0 Å². The molecule has 0 aliphatic carbocycles. The Kier molecular flexibility index (Phi) is 5.61. The van der Waals surface area contributed by atoms with E-state index in [-0.39, 0.29) is 30.1 Å². The van der Waals surface area contributed by atoms with Gasteiger partial charge >= 0.3 is 0 Å². The Labute approximate surface area is 150 Å². The molecule has 1 aliphatic heterocycles. The molecule has 4 nitrogen and oxygen atoms in total. The molecule has 6 heteroatoms. The van der Waals surface area contributed by atoms with E-state index < -0.39 is 5.82 Å². The molecule has 136 valence electrons. The predicted molar refractivity (Wildman–Crippen MR) is 93.6 cm³/mol. The molecule has 3 rings (SSSR count). The minimum absolute atomic E-state index is 0.00786. The van der Waals surface area contributed by atoms with Crippen molar-refractivity contribution in [1.29, 1.82) is 0 Å². The molecule has 0 bridgehead atoms. The molecule has 1 aliphatic rings. The standard InChI is InChI=1S/C20H20F2N2O2/c21-16-6-4-14(5-7-16)12-19(25)24-10-8-18(9-11-24)23-20(26)15-2-1-3-17(22)13-15/h1-7,13,18H,8-12H2,(H,23,26). The van der Waals surface area contributed by atoms with Crippen LogP contribution in [0.5, 0.6) is 0 Å². The largest absolute Gasteiger partial charge is 0.349 e. The molecule has 0 saturated carbocycles. The molecule has 1 saturated heterocycles. The van der Waals surface area contributed by atoms with Crippen LogP contribution in [0.3, 0.4) is 0 Å². The van der Waals surface area contributed by atoms with E-state index in [0.717, 1.165) is 5.56 Å². The summed E-state index contributed by atoms with van der Waals surface area (Å²) in [5, 5.41) is 2.89. The molecular formula is C20H20F2N2O2. The van der Waals surface area contributed by atoms with Gasteiger partial charge in [-0.25, -0.2) is 8.78 Å². The number of carbonyl (C=O) groups is 2. The quantitative estimate of drug-likeness (QED) is 0.914. The number of nitrogens with zero attached hydrogens (tertiary/aromatic N) is 1. The first-order chi connectivity index (χ1) is 12.5. The van der Waals surface area contributed by atoms with Crippen LogP contribution in [0.2, 0.25) is 0 Å². The normalized spacial score (nSPS) is 14.9. The average Bonchev–Trinajstić information content (AvgIpc) is 2.64. The summed E-state index contributed by atoms with van der Waals surface area (Å²) in [6.07, 6.45) is 1.53. The van der Waals surface area contributed by atoms with E-state index in [1.54, 1.807) is 23.1 Å². The molecule has 1 N–H and O–H groups in total. The first-order valence-electron chi connectivity index (χ1n) is 8.60. The Morgan fingerprint density at radius 3 is 2.35 bits per heavy atom. The SMILES string of the molecule is O=C(NC1CCN(C(=O)Cc2ccc(F)cc2)CC1)c1cccc(F)c1. The number of nitrogens with one attached hydrogen (secondary N) is 1. The third kappa shape index (κ3) is 4.65. The second-order valence-electron chi connectivity index (χ2n) is 6.44. The molecular weight excluding hydrogens is 338 g/mol. The lowest BCUT2D eigenvalue weighted by Gasteiger charge is -2.32. The van der Waals surface area contributed by atoms with Crippen molar-refractivity contribution in [2.24, 2.45) is 0 Å². The minimum Gasteiger partial charge on any atom is -0.349 e. The molecule has 0 spiro atoms. The highest BCUT2D eigenvalue weighted by molar-refractivity contribution is 5.94. The maximum absolute atomic E-state index is 13.2. The van der Waals surface area contributed by atoms with Gasteiger partial charge in [-0.05, 0) is 48.7 Å². The van der Waals surface area contributed by atoms with E-state index >= 15 is 0 Å². The van der Waals surface area contributed by atoms with Crippen molar-refractivity contribution in [3.8, 4) is 0 Å². The van der Waals surface area contributed by atoms with Crippen LogP contribution in [-0.2, 0) is 11.2 Å². The number of amides is 2. The molecule has 2 aromatic rings. The minimum atomic E-state index is -0.446. The van der Waals surface area contributed by atoms with Crippen molar-refractivity contribution in [2.45, 2.75) is 25.3 Å². The third-order valence-electron chi connectivity index (χ3n) is 4.54. The van der Waals surface area contributed by atoms with Gasteiger partial charge in [0.25, 0.3) is 5.91 Å². The van der Waals surface area contributed by atoms with Gasteiger partial charge in [0.15, 0.2) is 0 Å². The van der Waals surface area contributed by atoms with Crippen LogP contribution in [-0.4, -0.2) is 35.8 Å². The summed E-state index contributed by atoms with van der Waals surface area (Å²) >= 11 is 0. The number of benzene rings is 2. The lowest BCUT2D eigenvalue weighted by atomic mass is 10.0. The van der Waals surface area contributed by atoms with Crippen LogP contribution in [0.4, 0.5) is 8.78 Å². The van der Waals surface area contributed by atoms with E-state index in [0.29, 0.717) is 31.5 Å². The molecule has 0 atom stereocenters. The average molecular weight is 358 g/mol. The zero-order valence-corrected chi connectivity index (χ0v) is 14.3. The second-order valence-corrected chi connectivity index (χ2v) is 6.44. The molecule has 1 fully saturated rings. The lowest BCUT2D eigenvalue weighted by Crippen LogP contribution is -2.47. The number of carbonyl (C=O) groups excluding carboxylic acids is 2.